The van der Waals surface area contributed by atoms with Crippen LogP contribution >= 0.6 is 0 Å². The maximum absolute atomic E-state index is 12.4. The van der Waals surface area contributed by atoms with Gasteiger partial charge < -0.3 is 5.73 Å². The lowest BCUT2D eigenvalue weighted by Crippen LogP contribution is -2.32. The molecule has 0 aliphatic rings. The normalized spacial score (nSPS) is 13.6. The summed E-state index contributed by atoms with van der Waals surface area (Å²) in [6.07, 6.45) is 2.98. The van der Waals surface area contributed by atoms with Crippen molar-refractivity contribution in [2.24, 2.45) is 5.92 Å². The molecule has 1 unspecified atom stereocenters. The van der Waals surface area contributed by atoms with E-state index < -0.39 is 10.0 Å². The van der Waals surface area contributed by atoms with Crippen LogP contribution < -0.4 is 10.5 Å². The van der Waals surface area contributed by atoms with E-state index in [9.17, 15) is 8.42 Å². The Morgan fingerprint density at radius 3 is 2.29 bits per heavy atom. The fourth-order valence-electron chi connectivity index (χ4n) is 2.23. The third kappa shape index (κ3) is 5.32. The largest absolute Gasteiger partial charge is 0.398 e. The van der Waals surface area contributed by atoms with Crippen LogP contribution in [-0.4, -0.2) is 14.5 Å². The van der Waals surface area contributed by atoms with E-state index in [1.54, 1.807) is 6.07 Å². The zero-order valence-electron chi connectivity index (χ0n) is 13.7. The minimum Gasteiger partial charge on any atom is -0.398 e. The first kappa shape index (κ1) is 18.0. The number of hydrogen-bond acceptors (Lipinski definition) is 3. The van der Waals surface area contributed by atoms with Gasteiger partial charge in [-0.25, -0.2) is 13.1 Å². The molecule has 21 heavy (non-hydrogen) atoms. The molecule has 0 saturated heterocycles. The Kier molecular flexibility index (Phi) is 6.23. The molecule has 0 amide bonds. The van der Waals surface area contributed by atoms with E-state index in [-0.39, 0.29) is 10.9 Å². The molecule has 0 aromatic heterocycles. The van der Waals surface area contributed by atoms with E-state index in [1.165, 1.54) is 6.07 Å². The number of nitrogens with two attached hydrogens (primary N) is 1. The summed E-state index contributed by atoms with van der Waals surface area (Å²) in [4.78, 5) is 0.249. The van der Waals surface area contributed by atoms with Gasteiger partial charge in [-0.15, -0.1) is 0 Å². The second-order valence-electron chi connectivity index (χ2n) is 6.30. The summed E-state index contributed by atoms with van der Waals surface area (Å²) in [6, 6.07) is 3.14. The average molecular weight is 312 g/mol. The molecule has 0 fully saturated rings. The molecule has 0 heterocycles. The Balaban J connectivity index is 2.78. The summed E-state index contributed by atoms with van der Waals surface area (Å²) in [5, 5.41) is 0. The van der Waals surface area contributed by atoms with Crippen LogP contribution in [0.5, 0.6) is 0 Å². The van der Waals surface area contributed by atoms with Gasteiger partial charge in [0, 0.05) is 11.7 Å². The monoisotopic (exact) mass is 312 g/mol. The summed E-state index contributed by atoms with van der Waals surface area (Å²) in [6.45, 7) is 10.0. The third-order valence-corrected chi connectivity index (χ3v) is 5.34. The molecular formula is C16H28N2O2S. The molecule has 0 radical (unpaired) electrons. The quantitative estimate of drug-likeness (QED) is 0.758. The van der Waals surface area contributed by atoms with Crippen molar-refractivity contribution in [3.8, 4) is 0 Å². The predicted octanol–water partition coefficient (Wildman–Crippen LogP) is 3.38. The molecule has 3 N–H and O–H groups in total. The summed E-state index contributed by atoms with van der Waals surface area (Å²) in [5.41, 5.74) is 8.21. The van der Waals surface area contributed by atoms with Crippen LogP contribution in [0.3, 0.4) is 0 Å². The zero-order valence-corrected chi connectivity index (χ0v) is 14.5. The van der Waals surface area contributed by atoms with E-state index in [4.69, 9.17) is 5.73 Å². The Labute approximate surface area is 129 Å². The number of nitrogen functional groups attached to an aromatic ring is 1. The highest BCUT2D eigenvalue weighted by atomic mass is 32.2. The van der Waals surface area contributed by atoms with Gasteiger partial charge in [0.25, 0.3) is 0 Å². The molecule has 0 aliphatic carbocycles. The van der Waals surface area contributed by atoms with Gasteiger partial charge in [-0.1, -0.05) is 26.7 Å². The van der Waals surface area contributed by atoms with Crippen LogP contribution in [0.1, 0.15) is 51.2 Å². The van der Waals surface area contributed by atoms with Crippen molar-refractivity contribution in [2.75, 3.05) is 5.73 Å². The summed E-state index contributed by atoms with van der Waals surface area (Å²) >= 11 is 0. The Bertz CT molecular complexity index is 557. The van der Waals surface area contributed by atoms with Gasteiger partial charge in [0.15, 0.2) is 0 Å². The summed E-state index contributed by atoms with van der Waals surface area (Å²) < 4.78 is 27.5. The first-order valence-electron chi connectivity index (χ1n) is 7.52. The Morgan fingerprint density at radius 1 is 1.14 bits per heavy atom. The lowest BCUT2D eigenvalue weighted by Gasteiger charge is -2.16. The molecule has 0 bridgehead atoms. The number of benzene rings is 1. The lowest BCUT2D eigenvalue weighted by atomic mass is 10.0. The van der Waals surface area contributed by atoms with Crippen LogP contribution in [0.15, 0.2) is 17.0 Å². The van der Waals surface area contributed by atoms with Crippen LogP contribution in [0, 0.1) is 19.8 Å². The fourth-order valence-corrected chi connectivity index (χ4v) is 3.63. The van der Waals surface area contributed by atoms with E-state index in [0.717, 1.165) is 30.4 Å². The van der Waals surface area contributed by atoms with E-state index in [0.29, 0.717) is 11.6 Å². The minimum atomic E-state index is -3.50. The van der Waals surface area contributed by atoms with Gasteiger partial charge >= 0.3 is 0 Å². The van der Waals surface area contributed by atoms with Crippen molar-refractivity contribution in [3.63, 3.8) is 0 Å². The van der Waals surface area contributed by atoms with Crippen molar-refractivity contribution in [1.82, 2.24) is 4.72 Å². The number of anilines is 1. The van der Waals surface area contributed by atoms with Gasteiger partial charge in [-0.3, -0.25) is 0 Å². The molecule has 1 rings (SSSR count). The molecule has 1 aromatic carbocycles. The molecule has 0 spiro atoms. The Hall–Kier alpha value is -1.07. The highest BCUT2D eigenvalue weighted by Gasteiger charge is 2.18. The van der Waals surface area contributed by atoms with Crippen LogP contribution in [-0.2, 0) is 10.0 Å². The van der Waals surface area contributed by atoms with Crippen molar-refractivity contribution in [1.29, 1.82) is 0 Å². The van der Waals surface area contributed by atoms with Crippen LogP contribution in [0.4, 0.5) is 5.69 Å². The molecule has 0 aliphatic heterocycles. The minimum absolute atomic E-state index is 0.0726. The van der Waals surface area contributed by atoms with Gasteiger partial charge in [0.2, 0.25) is 10.0 Å². The van der Waals surface area contributed by atoms with E-state index in [1.807, 2.05) is 20.8 Å². The smallest absolute Gasteiger partial charge is 0.240 e. The Morgan fingerprint density at radius 2 is 1.76 bits per heavy atom. The van der Waals surface area contributed by atoms with Crippen molar-refractivity contribution in [3.05, 3.63) is 23.3 Å². The molecule has 120 valence electrons. The predicted molar refractivity (Wildman–Crippen MR) is 88.8 cm³/mol. The molecular weight excluding hydrogens is 284 g/mol. The van der Waals surface area contributed by atoms with Gasteiger partial charge in [0.05, 0.1) is 4.90 Å². The molecule has 5 heteroatoms. The summed E-state index contributed by atoms with van der Waals surface area (Å²) in [7, 11) is -3.50. The number of hydrogen-bond donors (Lipinski definition) is 2. The maximum atomic E-state index is 12.4. The highest BCUT2D eigenvalue weighted by molar-refractivity contribution is 7.89. The van der Waals surface area contributed by atoms with Crippen LogP contribution in [0.2, 0.25) is 0 Å². The number of aryl methyl sites for hydroxylation is 1. The molecule has 1 atom stereocenters. The number of sulfonamides is 1. The first-order chi connectivity index (χ1) is 9.63. The number of rotatable bonds is 7. The van der Waals surface area contributed by atoms with Gasteiger partial charge in [0.1, 0.15) is 0 Å². The van der Waals surface area contributed by atoms with E-state index >= 15 is 0 Å². The topological polar surface area (TPSA) is 72.2 Å². The van der Waals surface area contributed by atoms with Crippen molar-refractivity contribution < 1.29 is 8.42 Å². The standard InChI is InChI=1S/C16H28N2O2S/c1-11(2)7-6-8-13(4)18-21(19,20)15-9-12(3)14(5)16(17)10-15/h9-11,13,18H,6-8,17H2,1-5H3. The van der Waals surface area contributed by atoms with Gasteiger partial charge in [-0.05, 0) is 56.4 Å². The second-order valence-corrected chi connectivity index (χ2v) is 8.02. The molecule has 4 nitrogen and oxygen atoms in total. The first-order valence-corrected chi connectivity index (χ1v) is 9.01. The molecule has 1 aromatic rings. The SMILES string of the molecule is Cc1cc(S(=O)(=O)NC(C)CCCC(C)C)cc(N)c1C. The van der Waals surface area contributed by atoms with Crippen molar-refractivity contribution >= 4 is 15.7 Å². The van der Waals surface area contributed by atoms with Gasteiger partial charge in [-0.2, -0.15) is 0 Å². The summed E-state index contributed by atoms with van der Waals surface area (Å²) in [5.74, 6) is 0.647. The molecule has 0 saturated carbocycles. The zero-order chi connectivity index (χ0) is 16.2. The lowest BCUT2D eigenvalue weighted by molar-refractivity contribution is 0.488. The number of nitrogens with one attached hydrogen (secondary N) is 1. The van der Waals surface area contributed by atoms with Crippen LogP contribution in [0.25, 0.3) is 0 Å². The maximum Gasteiger partial charge on any atom is 0.240 e. The third-order valence-electron chi connectivity index (χ3n) is 3.77. The average Bonchev–Trinajstić information content (AvgIpc) is 2.34. The fraction of sp³-hybridized carbons (Fsp3) is 0.625. The van der Waals surface area contributed by atoms with Crippen molar-refractivity contribution in [2.45, 2.75) is 64.8 Å². The second kappa shape index (κ2) is 7.27. The highest BCUT2D eigenvalue weighted by Crippen LogP contribution is 2.22. The van der Waals surface area contributed by atoms with E-state index in [2.05, 4.69) is 18.6 Å².